The lowest BCUT2D eigenvalue weighted by Crippen LogP contribution is -2.62. The Bertz CT molecular complexity index is 785. The molecule has 150 valence electrons. The van der Waals surface area contributed by atoms with Crippen LogP contribution in [0.15, 0.2) is 18.2 Å². The highest BCUT2D eigenvalue weighted by Gasteiger charge is 2.51. The maximum atomic E-state index is 12.4. The summed E-state index contributed by atoms with van der Waals surface area (Å²) in [7, 11) is 0. The van der Waals surface area contributed by atoms with Gasteiger partial charge in [0.05, 0.1) is 6.54 Å². The van der Waals surface area contributed by atoms with Crippen LogP contribution in [0.25, 0.3) is 0 Å². The van der Waals surface area contributed by atoms with Gasteiger partial charge in [-0.3, -0.25) is 14.9 Å². The van der Waals surface area contributed by atoms with E-state index in [4.69, 9.17) is 5.73 Å². The maximum Gasteiger partial charge on any atom is 0.321 e. The molecule has 5 rings (SSSR count). The van der Waals surface area contributed by atoms with Crippen LogP contribution >= 0.6 is 0 Å². The summed E-state index contributed by atoms with van der Waals surface area (Å²) >= 11 is 0. The van der Waals surface area contributed by atoms with Gasteiger partial charge in [-0.2, -0.15) is 0 Å². The van der Waals surface area contributed by atoms with Gasteiger partial charge in [0, 0.05) is 16.8 Å². The molecule has 4 aliphatic carbocycles. The summed E-state index contributed by atoms with van der Waals surface area (Å²) in [4.78, 5) is 36.1. The molecule has 0 aliphatic heterocycles. The Morgan fingerprint density at radius 2 is 1.68 bits per heavy atom. The zero-order chi connectivity index (χ0) is 19.9. The summed E-state index contributed by atoms with van der Waals surface area (Å²) in [6.45, 7) is 1.71. The number of rotatable bonds is 5. The molecule has 4 aliphatic rings. The quantitative estimate of drug-likeness (QED) is 0.624. The van der Waals surface area contributed by atoms with Gasteiger partial charge in [-0.15, -0.1) is 0 Å². The Labute approximate surface area is 164 Å². The Balaban J connectivity index is 1.30. The highest BCUT2D eigenvalue weighted by molar-refractivity contribution is 5.98. The number of anilines is 1. The lowest BCUT2D eigenvalue weighted by molar-refractivity contribution is -0.118. The van der Waals surface area contributed by atoms with Crippen molar-refractivity contribution in [2.24, 2.45) is 23.5 Å². The molecule has 4 bridgehead atoms. The number of nitrogens with two attached hydrogens (primary N) is 1. The monoisotopic (exact) mass is 384 g/mol. The fourth-order valence-electron chi connectivity index (χ4n) is 5.98. The van der Waals surface area contributed by atoms with Gasteiger partial charge >= 0.3 is 6.03 Å². The molecule has 5 N–H and O–H groups in total. The average molecular weight is 384 g/mol. The number of urea groups is 1. The van der Waals surface area contributed by atoms with Gasteiger partial charge in [-0.25, -0.2) is 4.79 Å². The van der Waals surface area contributed by atoms with Crippen molar-refractivity contribution in [3.63, 3.8) is 0 Å². The van der Waals surface area contributed by atoms with Crippen LogP contribution in [0.1, 0.15) is 54.4 Å². The van der Waals surface area contributed by atoms with Crippen LogP contribution in [0.4, 0.5) is 10.5 Å². The molecule has 28 heavy (non-hydrogen) atoms. The van der Waals surface area contributed by atoms with E-state index in [9.17, 15) is 14.4 Å². The van der Waals surface area contributed by atoms with Gasteiger partial charge < -0.3 is 16.4 Å². The second-order valence-electron chi connectivity index (χ2n) is 8.90. The van der Waals surface area contributed by atoms with Crippen molar-refractivity contribution in [2.45, 2.75) is 51.0 Å². The molecule has 7 heteroatoms. The van der Waals surface area contributed by atoms with Gasteiger partial charge in [0.15, 0.2) is 0 Å². The third-order valence-corrected chi connectivity index (χ3v) is 6.71. The maximum absolute atomic E-state index is 12.4. The summed E-state index contributed by atoms with van der Waals surface area (Å²) in [5.41, 5.74) is 6.96. The molecule has 4 saturated carbocycles. The largest absolute Gasteiger partial charge is 0.376 e. The van der Waals surface area contributed by atoms with E-state index in [2.05, 4.69) is 16.0 Å². The molecule has 7 nitrogen and oxygen atoms in total. The van der Waals surface area contributed by atoms with E-state index in [0.717, 1.165) is 37.0 Å². The zero-order valence-corrected chi connectivity index (χ0v) is 16.2. The van der Waals surface area contributed by atoms with Gasteiger partial charge in [0.2, 0.25) is 11.8 Å². The lowest BCUT2D eigenvalue weighted by atomic mass is 9.53. The molecule has 4 amide bonds. The number of carbonyl (C=O) groups excluding carboxylic acids is 3. The molecule has 0 spiro atoms. The van der Waals surface area contributed by atoms with Crippen molar-refractivity contribution in [1.29, 1.82) is 0 Å². The first-order valence-corrected chi connectivity index (χ1v) is 10.1. The highest BCUT2D eigenvalue weighted by Crippen LogP contribution is 2.55. The summed E-state index contributed by atoms with van der Waals surface area (Å²) < 4.78 is 0. The lowest BCUT2D eigenvalue weighted by Gasteiger charge is -2.56. The van der Waals surface area contributed by atoms with Gasteiger partial charge in [0.25, 0.3) is 0 Å². The van der Waals surface area contributed by atoms with Gasteiger partial charge in [-0.05, 0) is 80.9 Å². The number of benzene rings is 1. The number of hydrogen-bond donors (Lipinski definition) is 4. The van der Waals surface area contributed by atoms with E-state index >= 15 is 0 Å². The van der Waals surface area contributed by atoms with Crippen LogP contribution in [0.2, 0.25) is 0 Å². The number of hydrogen-bond acceptors (Lipinski definition) is 4. The van der Waals surface area contributed by atoms with Crippen LogP contribution in [0.3, 0.4) is 0 Å². The van der Waals surface area contributed by atoms with Gasteiger partial charge in [-0.1, -0.05) is 6.07 Å². The third-order valence-electron chi connectivity index (χ3n) is 6.71. The molecule has 0 unspecified atom stereocenters. The van der Waals surface area contributed by atoms with Crippen LogP contribution in [-0.2, 0) is 4.79 Å². The van der Waals surface area contributed by atoms with E-state index in [1.807, 2.05) is 0 Å². The summed E-state index contributed by atoms with van der Waals surface area (Å²) in [5, 5.41) is 8.54. The van der Waals surface area contributed by atoms with E-state index in [0.29, 0.717) is 16.8 Å². The van der Waals surface area contributed by atoms with Crippen molar-refractivity contribution in [2.75, 3.05) is 11.9 Å². The first kappa shape index (κ1) is 18.8. The number of amides is 4. The summed E-state index contributed by atoms with van der Waals surface area (Å²) in [6, 6.07) is 4.70. The van der Waals surface area contributed by atoms with Crippen LogP contribution in [-0.4, -0.2) is 29.9 Å². The van der Waals surface area contributed by atoms with E-state index in [-0.39, 0.29) is 12.1 Å². The number of primary amides is 1. The standard InChI is InChI=1S/C21H28N4O3/c1-12-16(19(22)27)3-2-4-17(12)23-11-18(26)24-20(28)25-21-8-13-5-14(9-21)7-15(6-13)10-21/h2-4,13-15,23H,5-11H2,1H3,(H2,22,27)(H2,24,25,26,28). The second kappa shape index (κ2) is 7.11. The van der Waals surface area contributed by atoms with Crippen LogP contribution < -0.4 is 21.7 Å². The van der Waals surface area contributed by atoms with Crippen molar-refractivity contribution in [3.05, 3.63) is 29.3 Å². The van der Waals surface area contributed by atoms with E-state index in [1.165, 1.54) is 19.3 Å². The Hall–Kier alpha value is -2.57. The fourth-order valence-corrected chi connectivity index (χ4v) is 5.98. The van der Waals surface area contributed by atoms with Gasteiger partial charge in [0.1, 0.15) is 0 Å². The van der Waals surface area contributed by atoms with Crippen molar-refractivity contribution in [3.8, 4) is 0 Å². The van der Waals surface area contributed by atoms with Crippen molar-refractivity contribution >= 4 is 23.5 Å². The fraction of sp³-hybridized carbons (Fsp3) is 0.571. The molecule has 0 aromatic heterocycles. The smallest absolute Gasteiger partial charge is 0.321 e. The van der Waals surface area contributed by atoms with Crippen molar-refractivity contribution in [1.82, 2.24) is 10.6 Å². The minimum Gasteiger partial charge on any atom is -0.376 e. The Kier molecular flexibility index (Phi) is 4.77. The summed E-state index contributed by atoms with van der Waals surface area (Å²) in [6.07, 6.45) is 7.02. The Morgan fingerprint density at radius 1 is 1.07 bits per heavy atom. The molecule has 0 heterocycles. The van der Waals surface area contributed by atoms with E-state index in [1.54, 1.807) is 25.1 Å². The minimum atomic E-state index is -0.513. The van der Waals surface area contributed by atoms with Crippen LogP contribution in [0, 0.1) is 24.7 Å². The zero-order valence-electron chi connectivity index (χ0n) is 16.2. The first-order valence-electron chi connectivity index (χ1n) is 10.1. The SMILES string of the molecule is Cc1c(NCC(=O)NC(=O)NC23CC4CC(CC(C4)C2)C3)cccc1C(N)=O. The normalized spacial score (nSPS) is 30.0. The molecular formula is C21H28N4O3. The summed E-state index contributed by atoms with van der Waals surface area (Å²) in [5.74, 6) is 1.25. The topological polar surface area (TPSA) is 113 Å². The predicted octanol–water partition coefficient (Wildman–Crippen LogP) is 2.30. The molecular weight excluding hydrogens is 356 g/mol. The van der Waals surface area contributed by atoms with Crippen LogP contribution in [0.5, 0.6) is 0 Å². The highest BCUT2D eigenvalue weighted by atomic mass is 16.2. The molecule has 1 aromatic rings. The molecule has 4 fully saturated rings. The molecule has 0 atom stereocenters. The Morgan fingerprint density at radius 3 is 2.25 bits per heavy atom. The first-order chi connectivity index (χ1) is 13.3. The van der Waals surface area contributed by atoms with E-state index < -0.39 is 17.8 Å². The van der Waals surface area contributed by atoms with Crippen molar-refractivity contribution < 1.29 is 14.4 Å². The number of imide groups is 1. The number of nitrogens with one attached hydrogen (secondary N) is 3. The average Bonchev–Trinajstić information content (AvgIpc) is 2.58. The molecule has 0 radical (unpaired) electrons. The third kappa shape index (κ3) is 3.70. The molecule has 0 saturated heterocycles. The number of carbonyl (C=O) groups is 3. The predicted molar refractivity (Wildman–Crippen MR) is 106 cm³/mol. The second-order valence-corrected chi connectivity index (χ2v) is 8.90. The minimum absolute atomic E-state index is 0.0582. The molecule has 1 aromatic carbocycles.